The molecule has 1 aromatic carbocycles. The van der Waals surface area contributed by atoms with E-state index < -0.39 is 0 Å². The monoisotopic (exact) mass is 308 g/mol. The first kappa shape index (κ1) is 19.1. The Kier molecular flexibility index (Phi) is 10.1. The van der Waals surface area contributed by atoms with E-state index in [-0.39, 0.29) is 19.8 Å². The van der Waals surface area contributed by atoms with E-state index in [9.17, 15) is 0 Å². The molecule has 3 nitrogen and oxygen atoms in total. The van der Waals surface area contributed by atoms with Crippen LogP contribution in [0.15, 0.2) is 12.1 Å². The minimum Gasteiger partial charge on any atom is -0.396 e. The summed E-state index contributed by atoms with van der Waals surface area (Å²) >= 11 is 0. The number of rotatable bonds is 12. The van der Waals surface area contributed by atoms with Crippen LogP contribution in [0.2, 0.25) is 0 Å². The number of hydrogen-bond donors (Lipinski definition) is 3. The van der Waals surface area contributed by atoms with Crippen LogP contribution in [0, 0.1) is 6.92 Å². The maximum atomic E-state index is 8.96. The molecular weight excluding hydrogens is 276 g/mol. The highest BCUT2D eigenvalue weighted by Gasteiger charge is 2.08. The molecule has 0 aliphatic carbocycles. The number of aryl methyl sites for hydroxylation is 3. The predicted octanol–water partition coefficient (Wildman–Crippen LogP) is 2.94. The highest BCUT2D eigenvalue weighted by atomic mass is 16.3. The van der Waals surface area contributed by atoms with Gasteiger partial charge in [-0.15, -0.1) is 0 Å². The fraction of sp³-hybridized carbons (Fsp3) is 0.684. The molecule has 3 N–H and O–H groups in total. The minimum absolute atomic E-state index is 0.262. The molecule has 0 saturated heterocycles. The Morgan fingerprint density at radius 3 is 1.45 bits per heavy atom. The van der Waals surface area contributed by atoms with Crippen molar-refractivity contribution >= 4 is 0 Å². The first-order valence-corrected chi connectivity index (χ1v) is 8.66. The largest absolute Gasteiger partial charge is 0.396 e. The van der Waals surface area contributed by atoms with Crippen LogP contribution in [0.1, 0.15) is 60.8 Å². The van der Waals surface area contributed by atoms with E-state index in [0.717, 1.165) is 57.8 Å². The molecule has 0 aliphatic heterocycles. The van der Waals surface area contributed by atoms with Crippen LogP contribution in [-0.4, -0.2) is 35.1 Å². The average Bonchev–Trinajstić information content (AvgIpc) is 2.52. The van der Waals surface area contributed by atoms with Crippen LogP contribution in [-0.2, 0) is 19.3 Å². The maximum absolute atomic E-state index is 8.96. The van der Waals surface area contributed by atoms with Crippen molar-refractivity contribution in [2.75, 3.05) is 19.8 Å². The van der Waals surface area contributed by atoms with Crippen molar-refractivity contribution in [3.8, 4) is 0 Å². The number of benzene rings is 1. The molecule has 0 fully saturated rings. The Morgan fingerprint density at radius 1 is 0.636 bits per heavy atom. The molecule has 0 atom stereocenters. The van der Waals surface area contributed by atoms with Gasteiger partial charge in [0, 0.05) is 19.8 Å². The molecule has 0 aromatic heterocycles. The van der Waals surface area contributed by atoms with Gasteiger partial charge in [-0.25, -0.2) is 0 Å². The van der Waals surface area contributed by atoms with Crippen molar-refractivity contribution in [1.82, 2.24) is 0 Å². The van der Waals surface area contributed by atoms with Gasteiger partial charge in [-0.05, 0) is 87.0 Å². The maximum Gasteiger partial charge on any atom is 0.0431 e. The second kappa shape index (κ2) is 11.6. The van der Waals surface area contributed by atoms with Gasteiger partial charge < -0.3 is 15.3 Å². The first-order valence-electron chi connectivity index (χ1n) is 8.66. The second-order valence-electron chi connectivity index (χ2n) is 6.08. The lowest BCUT2D eigenvalue weighted by Gasteiger charge is -2.15. The van der Waals surface area contributed by atoms with Crippen LogP contribution < -0.4 is 0 Å². The lowest BCUT2D eigenvalue weighted by Crippen LogP contribution is -2.01. The molecule has 0 bridgehead atoms. The molecule has 0 saturated carbocycles. The van der Waals surface area contributed by atoms with Gasteiger partial charge in [-0.3, -0.25) is 0 Å². The van der Waals surface area contributed by atoms with E-state index in [2.05, 4.69) is 19.1 Å². The normalized spacial score (nSPS) is 11.1. The zero-order valence-corrected chi connectivity index (χ0v) is 14.0. The summed E-state index contributed by atoms with van der Waals surface area (Å²) < 4.78 is 0. The predicted molar refractivity (Wildman–Crippen MR) is 91.3 cm³/mol. The molecule has 126 valence electrons. The van der Waals surface area contributed by atoms with E-state index in [4.69, 9.17) is 15.3 Å². The van der Waals surface area contributed by atoms with Crippen LogP contribution in [0.5, 0.6) is 0 Å². The molecule has 0 spiro atoms. The van der Waals surface area contributed by atoms with E-state index in [1.54, 1.807) is 0 Å². The van der Waals surface area contributed by atoms with Gasteiger partial charge >= 0.3 is 0 Å². The van der Waals surface area contributed by atoms with Gasteiger partial charge in [0.25, 0.3) is 0 Å². The molecule has 0 radical (unpaired) electrons. The molecule has 22 heavy (non-hydrogen) atoms. The summed E-state index contributed by atoms with van der Waals surface area (Å²) in [4.78, 5) is 0. The number of unbranched alkanes of at least 4 members (excludes halogenated alkanes) is 3. The highest BCUT2D eigenvalue weighted by molar-refractivity contribution is 5.39. The summed E-state index contributed by atoms with van der Waals surface area (Å²) in [5.41, 5.74) is 5.53. The fourth-order valence-corrected chi connectivity index (χ4v) is 2.87. The van der Waals surface area contributed by atoms with Crippen molar-refractivity contribution in [3.05, 3.63) is 34.4 Å². The van der Waals surface area contributed by atoms with Crippen molar-refractivity contribution < 1.29 is 15.3 Å². The van der Waals surface area contributed by atoms with Gasteiger partial charge in [-0.1, -0.05) is 12.1 Å². The topological polar surface area (TPSA) is 60.7 Å². The fourth-order valence-electron chi connectivity index (χ4n) is 2.87. The summed E-state index contributed by atoms with van der Waals surface area (Å²) in [7, 11) is 0. The van der Waals surface area contributed by atoms with Crippen LogP contribution in [0.3, 0.4) is 0 Å². The summed E-state index contributed by atoms with van der Waals surface area (Å²) in [5, 5.41) is 26.9. The number of aliphatic hydroxyl groups excluding tert-OH is 3. The molecule has 0 aliphatic rings. The third-order valence-corrected chi connectivity index (χ3v) is 4.26. The van der Waals surface area contributed by atoms with E-state index in [1.807, 2.05) is 0 Å². The average molecular weight is 308 g/mol. The lowest BCUT2D eigenvalue weighted by molar-refractivity contribution is 0.284. The molecular formula is C19H32O3. The standard InChI is InChI=1S/C19H32O3/c1-16-18(9-3-6-12-21)14-17(8-2-5-11-20)15-19(16)10-4-7-13-22/h14-15,20-22H,2-13H2,1H3. The second-order valence-corrected chi connectivity index (χ2v) is 6.08. The summed E-state index contributed by atoms with van der Waals surface area (Å²) in [6, 6.07) is 4.61. The van der Waals surface area contributed by atoms with Crippen LogP contribution in [0.4, 0.5) is 0 Å². The third kappa shape index (κ3) is 6.91. The molecule has 1 rings (SSSR count). The minimum atomic E-state index is 0.262. The summed E-state index contributed by atoms with van der Waals surface area (Å²) in [6.07, 6.45) is 8.68. The van der Waals surface area contributed by atoms with Crippen molar-refractivity contribution in [2.24, 2.45) is 0 Å². The Bertz CT molecular complexity index is 384. The van der Waals surface area contributed by atoms with Gasteiger partial charge in [0.05, 0.1) is 0 Å². The first-order chi connectivity index (χ1) is 10.7. The Labute approximate surface area is 135 Å². The smallest absolute Gasteiger partial charge is 0.0431 e. The Hall–Kier alpha value is -0.900. The zero-order valence-electron chi connectivity index (χ0n) is 14.0. The Morgan fingerprint density at radius 2 is 1.05 bits per heavy atom. The highest BCUT2D eigenvalue weighted by Crippen LogP contribution is 2.22. The van der Waals surface area contributed by atoms with Crippen LogP contribution in [0.25, 0.3) is 0 Å². The number of aliphatic hydroxyl groups is 3. The van der Waals surface area contributed by atoms with Gasteiger partial charge in [0.2, 0.25) is 0 Å². The van der Waals surface area contributed by atoms with Gasteiger partial charge in [0.15, 0.2) is 0 Å². The van der Waals surface area contributed by atoms with E-state index in [0.29, 0.717) is 0 Å². The van der Waals surface area contributed by atoms with Gasteiger partial charge in [0.1, 0.15) is 0 Å². The van der Waals surface area contributed by atoms with Crippen molar-refractivity contribution in [2.45, 2.75) is 64.7 Å². The SMILES string of the molecule is Cc1c(CCCCO)cc(CCCCO)cc1CCCCO. The molecule has 0 unspecified atom stereocenters. The van der Waals surface area contributed by atoms with E-state index >= 15 is 0 Å². The molecule has 3 heteroatoms. The van der Waals surface area contributed by atoms with Crippen molar-refractivity contribution in [1.29, 1.82) is 0 Å². The summed E-state index contributed by atoms with van der Waals surface area (Å²) in [6.45, 7) is 2.98. The third-order valence-electron chi connectivity index (χ3n) is 4.26. The lowest BCUT2D eigenvalue weighted by atomic mass is 9.91. The van der Waals surface area contributed by atoms with Crippen LogP contribution >= 0.6 is 0 Å². The quantitative estimate of drug-likeness (QED) is 0.520. The molecule has 0 heterocycles. The Balaban J connectivity index is 2.81. The molecule has 1 aromatic rings. The molecule has 0 amide bonds. The summed E-state index contributed by atoms with van der Waals surface area (Å²) in [5.74, 6) is 0. The van der Waals surface area contributed by atoms with Gasteiger partial charge in [-0.2, -0.15) is 0 Å². The van der Waals surface area contributed by atoms with E-state index in [1.165, 1.54) is 22.3 Å². The van der Waals surface area contributed by atoms with Crippen molar-refractivity contribution in [3.63, 3.8) is 0 Å². The zero-order chi connectivity index (χ0) is 16.2. The number of hydrogen-bond acceptors (Lipinski definition) is 3.